The molecule has 0 spiro atoms. The Morgan fingerprint density at radius 1 is 1.17 bits per heavy atom. The van der Waals surface area contributed by atoms with Gasteiger partial charge in [-0.1, -0.05) is 23.5 Å². The van der Waals surface area contributed by atoms with Gasteiger partial charge < -0.3 is 19.2 Å². The lowest BCUT2D eigenvalue weighted by Gasteiger charge is -2.26. The van der Waals surface area contributed by atoms with Crippen molar-refractivity contribution in [3.63, 3.8) is 0 Å². The summed E-state index contributed by atoms with van der Waals surface area (Å²) >= 11 is 1.59. The van der Waals surface area contributed by atoms with Crippen molar-refractivity contribution < 1.29 is 13.9 Å². The molecule has 0 fully saturated rings. The molecule has 4 heterocycles. The van der Waals surface area contributed by atoms with Crippen LogP contribution in [0.5, 0.6) is 11.5 Å². The fourth-order valence-corrected chi connectivity index (χ4v) is 4.16. The van der Waals surface area contributed by atoms with E-state index in [2.05, 4.69) is 10.3 Å². The molecule has 1 aliphatic heterocycles. The highest BCUT2D eigenvalue weighted by atomic mass is 32.1. The minimum absolute atomic E-state index is 0.0780. The maximum absolute atomic E-state index is 6.03. The molecule has 0 bridgehead atoms. The first-order valence-corrected chi connectivity index (χ1v) is 10.2. The number of rotatable bonds is 6. The first-order chi connectivity index (χ1) is 14.2. The van der Waals surface area contributed by atoms with Crippen LogP contribution < -0.4 is 14.8 Å². The minimum Gasteiger partial charge on any atom is -0.486 e. The van der Waals surface area contributed by atoms with Crippen LogP contribution in [0.4, 0.5) is 5.13 Å². The highest BCUT2D eigenvalue weighted by Gasteiger charge is 2.22. The van der Waals surface area contributed by atoms with Crippen LogP contribution in [-0.2, 0) is 13.1 Å². The molecule has 0 saturated carbocycles. The highest BCUT2D eigenvalue weighted by Crippen LogP contribution is 2.33. The number of fused-ring (bicyclic) bond motifs is 1. The normalized spacial score (nSPS) is 15.4. The molecule has 1 aliphatic rings. The summed E-state index contributed by atoms with van der Waals surface area (Å²) in [7, 11) is 0. The average molecular weight is 408 g/mol. The Bertz CT molecular complexity index is 1100. The zero-order valence-corrected chi connectivity index (χ0v) is 16.7. The molecule has 3 aromatic heterocycles. The van der Waals surface area contributed by atoms with Crippen LogP contribution in [0.2, 0.25) is 0 Å². The maximum Gasteiger partial charge on any atom is 0.183 e. The summed E-state index contributed by atoms with van der Waals surface area (Å²) in [5, 5.41) is 8.87. The molecular formula is C21H20N4O3S. The molecule has 5 rings (SSSR count). The van der Waals surface area contributed by atoms with Crippen molar-refractivity contribution >= 4 is 16.5 Å². The predicted molar refractivity (Wildman–Crippen MR) is 110 cm³/mol. The topological polar surface area (TPSA) is 74.3 Å². The smallest absolute Gasteiger partial charge is 0.183 e. The summed E-state index contributed by atoms with van der Waals surface area (Å²) in [4.78, 5) is 5.66. The fourth-order valence-electron chi connectivity index (χ4n) is 3.23. The van der Waals surface area contributed by atoms with E-state index in [1.165, 1.54) is 0 Å². The molecular weight excluding hydrogens is 388 g/mol. The lowest BCUT2D eigenvalue weighted by molar-refractivity contribution is 0.0759. The zero-order valence-electron chi connectivity index (χ0n) is 15.9. The van der Waals surface area contributed by atoms with Gasteiger partial charge in [-0.3, -0.25) is 4.68 Å². The highest BCUT2D eigenvalue weighted by molar-refractivity contribution is 7.19. The van der Waals surface area contributed by atoms with Crippen molar-refractivity contribution in [2.45, 2.75) is 26.1 Å². The van der Waals surface area contributed by atoms with E-state index in [4.69, 9.17) is 19.0 Å². The second-order valence-electron chi connectivity index (χ2n) is 6.79. The van der Waals surface area contributed by atoms with E-state index in [1.807, 2.05) is 60.3 Å². The van der Waals surface area contributed by atoms with E-state index < -0.39 is 0 Å². The van der Waals surface area contributed by atoms with E-state index in [0.29, 0.717) is 19.7 Å². The van der Waals surface area contributed by atoms with Crippen molar-refractivity contribution in [3.8, 4) is 22.1 Å². The number of hydrogen-bond donors (Lipinski definition) is 1. The number of para-hydroxylation sites is 2. The molecule has 4 aromatic rings. The third kappa shape index (κ3) is 3.84. The van der Waals surface area contributed by atoms with Crippen molar-refractivity contribution in [1.29, 1.82) is 0 Å². The monoisotopic (exact) mass is 408 g/mol. The van der Waals surface area contributed by atoms with E-state index >= 15 is 0 Å². The zero-order chi connectivity index (χ0) is 19.6. The Morgan fingerprint density at radius 3 is 2.93 bits per heavy atom. The lowest BCUT2D eigenvalue weighted by Crippen LogP contribution is -2.33. The number of aromatic nitrogens is 3. The molecule has 29 heavy (non-hydrogen) atoms. The lowest BCUT2D eigenvalue weighted by atomic mass is 10.2. The van der Waals surface area contributed by atoms with Gasteiger partial charge in [0.05, 0.1) is 29.9 Å². The Labute approximate surface area is 171 Å². The summed E-state index contributed by atoms with van der Waals surface area (Å²) in [6.07, 6.45) is 3.56. The molecule has 1 unspecified atom stereocenters. The number of nitrogens with zero attached hydrogens (tertiary/aromatic N) is 3. The fraction of sp³-hybridized carbons (Fsp3) is 0.238. The van der Waals surface area contributed by atoms with E-state index in [9.17, 15) is 0 Å². The number of hydrogen-bond acceptors (Lipinski definition) is 7. The Hall–Kier alpha value is -3.26. The Morgan fingerprint density at radius 2 is 2.07 bits per heavy atom. The molecule has 8 heteroatoms. The van der Waals surface area contributed by atoms with Crippen molar-refractivity contribution in [1.82, 2.24) is 14.8 Å². The van der Waals surface area contributed by atoms with Gasteiger partial charge >= 0.3 is 0 Å². The molecule has 7 nitrogen and oxygen atoms in total. The molecule has 0 saturated heterocycles. The largest absolute Gasteiger partial charge is 0.486 e. The van der Waals surface area contributed by atoms with Gasteiger partial charge in [0.2, 0.25) is 0 Å². The van der Waals surface area contributed by atoms with Gasteiger partial charge in [-0.25, -0.2) is 4.98 Å². The number of furan rings is 1. The molecule has 148 valence electrons. The minimum atomic E-state index is -0.0780. The van der Waals surface area contributed by atoms with Crippen LogP contribution in [0.3, 0.4) is 0 Å². The number of aryl methyl sites for hydroxylation is 1. The molecule has 1 aromatic carbocycles. The standard InChI is InChI=1S/C21H20N4O3S/c1-14-20(29-21(23-14)22-11-15-5-4-10-26-15)17-8-9-25(24-17)12-16-13-27-18-6-2-3-7-19(18)28-16/h2-10,16H,11-13H2,1H3,(H,22,23). The summed E-state index contributed by atoms with van der Waals surface area (Å²) in [6.45, 7) is 3.73. The van der Waals surface area contributed by atoms with E-state index in [-0.39, 0.29) is 6.10 Å². The molecule has 0 amide bonds. The van der Waals surface area contributed by atoms with Crippen molar-refractivity contribution in [2.24, 2.45) is 0 Å². The van der Waals surface area contributed by atoms with E-state index in [0.717, 1.165) is 38.7 Å². The van der Waals surface area contributed by atoms with Gasteiger partial charge in [0.1, 0.15) is 18.1 Å². The summed E-state index contributed by atoms with van der Waals surface area (Å²) in [5.74, 6) is 2.45. The van der Waals surface area contributed by atoms with Gasteiger partial charge in [-0.15, -0.1) is 0 Å². The summed E-state index contributed by atoms with van der Waals surface area (Å²) in [6, 6.07) is 13.6. The van der Waals surface area contributed by atoms with Gasteiger partial charge in [0.25, 0.3) is 0 Å². The average Bonchev–Trinajstić information content (AvgIpc) is 3.48. The first-order valence-electron chi connectivity index (χ1n) is 9.40. The second-order valence-corrected chi connectivity index (χ2v) is 7.79. The number of thiazole rings is 1. The van der Waals surface area contributed by atoms with Crippen molar-refractivity contribution in [2.75, 3.05) is 11.9 Å². The number of nitrogens with one attached hydrogen (secondary N) is 1. The number of anilines is 1. The van der Waals surface area contributed by atoms with Gasteiger partial charge in [0.15, 0.2) is 22.7 Å². The Balaban J connectivity index is 1.25. The SMILES string of the molecule is Cc1nc(NCc2ccco2)sc1-c1ccn(CC2COc3ccccc3O2)n1. The third-order valence-corrected chi connectivity index (χ3v) is 5.76. The quantitative estimate of drug-likeness (QED) is 0.511. The van der Waals surface area contributed by atoms with Crippen LogP contribution in [0.25, 0.3) is 10.6 Å². The molecule has 1 N–H and O–H groups in total. The van der Waals surface area contributed by atoms with Gasteiger partial charge in [-0.05, 0) is 37.3 Å². The van der Waals surface area contributed by atoms with Crippen molar-refractivity contribution in [3.05, 3.63) is 66.4 Å². The van der Waals surface area contributed by atoms with Gasteiger partial charge in [-0.2, -0.15) is 5.10 Å². The number of benzene rings is 1. The van der Waals surface area contributed by atoms with Crippen LogP contribution in [0.1, 0.15) is 11.5 Å². The molecule has 0 radical (unpaired) electrons. The molecule has 0 aliphatic carbocycles. The summed E-state index contributed by atoms with van der Waals surface area (Å²) < 4.78 is 19.1. The third-order valence-electron chi connectivity index (χ3n) is 4.62. The van der Waals surface area contributed by atoms with Crippen LogP contribution in [0.15, 0.2) is 59.3 Å². The maximum atomic E-state index is 6.03. The summed E-state index contributed by atoms with van der Waals surface area (Å²) in [5.41, 5.74) is 1.86. The van der Waals surface area contributed by atoms with Gasteiger partial charge in [0, 0.05) is 6.20 Å². The number of ether oxygens (including phenoxy) is 2. The van der Waals surface area contributed by atoms with Crippen LogP contribution >= 0.6 is 11.3 Å². The van der Waals surface area contributed by atoms with E-state index in [1.54, 1.807) is 17.6 Å². The second kappa shape index (κ2) is 7.63. The predicted octanol–water partition coefficient (Wildman–Crippen LogP) is 4.36. The van der Waals surface area contributed by atoms with Crippen LogP contribution in [-0.4, -0.2) is 27.5 Å². The van der Waals surface area contributed by atoms with Crippen LogP contribution in [0, 0.1) is 6.92 Å². The Kier molecular flexibility index (Phi) is 4.69. The molecule has 1 atom stereocenters. The first kappa shape index (κ1) is 17.8.